The van der Waals surface area contributed by atoms with Gasteiger partial charge in [0.25, 0.3) is 10.0 Å². The molecule has 0 aliphatic carbocycles. The van der Waals surface area contributed by atoms with Gasteiger partial charge in [-0.1, -0.05) is 11.2 Å². The number of rotatable bonds is 3. The van der Waals surface area contributed by atoms with Gasteiger partial charge < -0.3 is 10.3 Å². The third-order valence-electron chi connectivity index (χ3n) is 1.85. The average Bonchev–Trinajstić information content (AvgIpc) is 2.70. The molecule has 2 rings (SSSR count). The van der Waals surface area contributed by atoms with Crippen LogP contribution in [0.5, 0.6) is 0 Å². The van der Waals surface area contributed by atoms with E-state index in [-0.39, 0.29) is 10.6 Å². The number of nitrogens with one attached hydrogen (secondary N) is 1. The zero-order valence-electron chi connectivity index (χ0n) is 8.12. The van der Waals surface area contributed by atoms with Crippen LogP contribution in [0, 0.1) is 0 Å². The molecule has 2 aromatic rings. The number of hydrogen-bond acceptors (Lipinski definition) is 5. The van der Waals surface area contributed by atoms with Crippen molar-refractivity contribution in [1.29, 1.82) is 0 Å². The van der Waals surface area contributed by atoms with Crippen LogP contribution in [0.15, 0.2) is 46.1 Å². The first-order valence-corrected chi connectivity index (χ1v) is 5.84. The van der Waals surface area contributed by atoms with Gasteiger partial charge in [-0.2, -0.15) is 0 Å². The van der Waals surface area contributed by atoms with E-state index in [2.05, 4.69) is 14.4 Å². The molecule has 0 radical (unpaired) electrons. The second-order valence-corrected chi connectivity index (χ2v) is 4.77. The predicted octanol–water partition coefficient (Wildman–Crippen LogP) is 1.06. The van der Waals surface area contributed by atoms with Crippen molar-refractivity contribution in [3.8, 4) is 0 Å². The van der Waals surface area contributed by atoms with Gasteiger partial charge in [0.05, 0.1) is 11.1 Å². The molecule has 0 spiro atoms. The van der Waals surface area contributed by atoms with Crippen molar-refractivity contribution < 1.29 is 12.9 Å². The van der Waals surface area contributed by atoms with Crippen molar-refractivity contribution in [1.82, 2.24) is 5.16 Å². The molecule has 0 aliphatic rings. The summed E-state index contributed by atoms with van der Waals surface area (Å²) in [5, 5.41) is 3.39. The number of nitrogen functional groups attached to an aromatic ring is 1. The molecule has 1 aromatic heterocycles. The van der Waals surface area contributed by atoms with Crippen LogP contribution in [0.25, 0.3) is 0 Å². The molecule has 6 nitrogen and oxygen atoms in total. The smallest absolute Gasteiger partial charge is 0.262 e. The molecule has 0 fully saturated rings. The first-order valence-electron chi connectivity index (χ1n) is 4.36. The minimum absolute atomic E-state index is 0.0914. The lowest BCUT2D eigenvalue weighted by Gasteiger charge is -2.05. The second kappa shape index (κ2) is 3.86. The number of nitrogens with two attached hydrogens (primary N) is 1. The maximum atomic E-state index is 11.8. The highest BCUT2D eigenvalue weighted by Gasteiger charge is 2.14. The lowest BCUT2D eigenvalue weighted by Crippen LogP contribution is -2.12. The van der Waals surface area contributed by atoms with Crippen molar-refractivity contribution >= 4 is 21.4 Å². The molecule has 0 unspecified atom stereocenters. The Morgan fingerprint density at radius 3 is 2.81 bits per heavy atom. The summed E-state index contributed by atoms with van der Waals surface area (Å²) in [6.07, 6.45) is 2.47. The van der Waals surface area contributed by atoms with Crippen molar-refractivity contribution in [2.45, 2.75) is 4.90 Å². The Bertz CT molecular complexity index is 578. The zero-order valence-corrected chi connectivity index (χ0v) is 8.94. The molecular weight excluding hydrogens is 230 g/mol. The van der Waals surface area contributed by atoms with Gasteiger partial charge in [-0.05, 0) is 18.2 Å². The van der Waals surface area contributed by atoms with Crippen LogP contribution in [-0.4, -0.2) is 13.6 Å². The van der Waals surface area contributed by atoms with Crippen LogP contribution in [0.2, 0.25) is 0 Å². The Labute approximate surface area is 92.1 Å². The lowest BCUT2D eigenvalue weighted by molar-refractivity contribution is 0.420. The summed E-state index contributed by atoms with van der Waals surface area (Å²) in [6, 6.07) is 6.00. The van der Waals surface area contributed by atoms with Gasteiger partial charge in [0.2, 0.25) is 0 Å². The summed E-state index contributed by atoms with van der Waals surface area (Å²) in [5.41, 5.74) is 6.15. The highest BCUT2D eigenvalue weighted by Crippen LogP contribution is 2.17. The normalized spacial score (nSPS) is 11.2. The predicted molar refractivity (Wildman–Crippen MR) is 58.2 cm³/mol. The lowest BCUT2D eigenvalue weighted by atomic mass is 10.3. The monoisotopic (exact) mass is 239 g/mol. The Kier molecular flexibility index (Phi) is 2.53. The molecule has 1 heterocycles. The molecule has 16 heavy (non-hydrogen) atoms. The number of benzene rings is 1. The van der Waals surface area contributed by atoms with E-state index < -0.39 is 10.0 Å². The molecule has 0 bridgehead atoms. The molecule has 0 saturated carbocycles. The fraction of sp³-hybridized carbons (Fsp3) is 0. The quantitative estimate of drug-likeness (QED) is 0.780. The van der Waals surface area contributed by atoms with E-state index in [9.17, 15) is 8.42 Å². The summed E-state index contributed by atoms with van der Waals surface area (Å²) in [5.74, 6) is 0. The molecule has 0 saturated heterocycles. The summed E-state index contributed by atoms with van der Waals surface area (Å²) in [4.78, 5) is 0.0914. The number of hydrogen-bond donors (Lipinski definition) is 2. The van der Waals surface area contributed by atoms with E-state index in [0.717, 1.165) is 0 Å². The number of anilines is 2. The van der Waals surface area contributed by atoms with E-state index >= 15 is 0 Å². The van der Waals surface area contributed by atoms with Crippen LogP contribution in [0.1, 0.15) is 0 Å². The molecule has 0 aliphatic heterocycles. The van der Waals surface area contributed by atoms with Gasteiger partial charge in [0.1, 0.15) is 12.0 Å². The van der Waals surface area contributed by atoms with Gasteiger partial charge in [0, 0.05) is 5.69 Å². The summed E-state index contributed by atoms with van der Waals surface area (Å²) in [6.45, 7) is 0. The first-order chi connectivity index (χ1) is 7.58. The van der Waals surface area contributed by atoms with Crippen molar-refractivity contribution in [3.63, 3.8) is 0 Å². The molecule has 7 heteroatoms. The summed E-state index contributed by atoms with van der Waals surface area (Å²) >= 11 is 0. The van der Waals surface area contributed by atoms with E-state index in [0.29, 0.717) is 5.69 Å². The van der Waals surface area contributed by atoms with Gasteiger partial charge in [0.15, 0.2) is 0 Å². The minimum atomic E-state index is -3.64. The maximum Gasteiger partial charge on any atom is 0.262 e. The Morgan fingerprint density at radius 1 is 1.38 bits per heavy atom. The largest absolute Gasteiger partial charge is 0.399 e. The fourth-order valence-electron chi connectivity index (χ4n) is 1.15. The second-order valence-electron chi connectivity index (χ2n) is 3.09. The number of sulfonamides is 1. The van der Waals surface area contributed by atoms with Crippen molar-refractivity contribution in [2.24, 2.45) is 0 Å². The Morgan fingerprint density at radius 2 is 2.19 bits per heavy atom. The first kappa shape index (κ1) is 10.5. The SMILES string of the molecule is Nc1cccc(S(=O)(=O)Nc2cnoc2)c1. The minimum Gasteiger partial charge on any atom is -0.399 e. The maximum absolute atomic E-state index is 11.8. The molecule has 3 N–H and O–H groups in total. The van der Waals surface area contributed by atoms with E-state index in [1.54, 1.807) is 12.1 Å². The Hall–Kier alpha value is -2.02. The van der Waals surface area contributed by atoms with Gasteiger partial charge in [-0.25, -0.2) is 8.42 Å². The van der Waals surface area contributed by atoms with Gasteiger partial charge in [-0.15, -0.1) is 0 Å². The van der Waals surface area contributed by atoms with Crippen LogP contribution in [-0.2, 0) is 10.0 Å². The van der Waals surface area contributed by atoms with Crippen LogP contribution < -0.4 is 10.5 Å². The molecular formula is C9H9N3O3S. The van der Waals surface area contributed by atoms with Crippen LogP contribution in [0.3, 0.4) is 0 Å². The van der Waals surface area contributed by atoms with Crippen LogP contribution in [0.4, 0.5) is 11.4 Å². The number of nitrogens with zero attached hydrogens (tertiary/aromatic N) is 1. The van der Waals surface area contributed by atoms with Gasteiger partial charge >= 0.3 is 0 Å². The third-order valence-corrected chi connectivity index (χ3v) is 3.23. The molecule has 1 aromatic carbocycles. The fourth-order valence-corrected chi connectivity index (χ4v) is 2.23. The highest BCUT2D eigenvalue weighted by atomic mass is 32.2. The average molecular weight is 239 g/mol. The molecule has 0 atom stereocenters. The summed E-state index contributed by atoms with van der Waals surface area (Å²) < 4.78 is 30.5. The van der Waals surface area contributed by atoms with E-state index in [1.807, 2.05) is 0 Å². The Balaban J connectivity index is 2.33. The summed E-state index contributed by atoms with van der Waals surface area (Å²) in [7, 11) is -3.64. The third kappa shape index (κ3) is 2.14. The molecule has 0 amide bonds. The van der Waals surface area contributed by atoms with Crippen LogP contribution >= 0.6 is 0 Å². The van der Waals surface area contributed by atoms with Gasteiger partial charge in [-0.3, -0.25) is 4.72 Å². The zero-order chi connectivity index (χ0) is 11.6. The van der Waals surface area contributed by atoms with Crippen molar-refractivity contribution in [3.05, 3.63) is 36.7 Å². The number of aromatic nitrogens is 1. The van der Waals surface area contributed by atoms with E-state index in [4.69, 9.17) is 5.73 Å². The standard InChI is InChI=1S/C9H9N3O3S/c10-7-2-1-3-9(4-7)16(13,14)12-8-5-11-15-6-8/h1-6,12H,10H2. The van der Waals surface area contributed by atoms with E-state index in [1.165, 1.54) is 24.6 Å². The highest BCUT2D eigenvalue weighted by molar-refractivity contribution is 7.92. The molecule has 84 valence electrons. The topological polar surface area (TPSA) is 98.2 Å². The van der Waals surface area contributed by atoms with Crippen molar-refractivity contribution in [2.75, 3.05) is 10.5 Å².